The first-order chi connectivity index (χ1) is 8.59. The Morgan fingerprint density at radius 3 is 2.50 bits per heavy atom. The van der Waals surface area contributed by atoms with Crippen molar-refractivity contribution in [2.45, 2.75) is 12.5 Å². The van der Waals surface area contributed by atoms with Crippen LogP contribution in [0.2, 0.25) is 0 Å². The van der Waals surface area contributed by atoms with Crippen molar-refractivity contribution in [2.24, 2.45) is 0 Å². The molecule has 2 N–H and O–H groups in total. The summed E-state index contributed by atoms with van der Waals surface area (Å²) in [6.07, 6.45) is -2.67. The van der Waals surface area contributed by atoms with E-state index in [1.54, 1.807) is 4.90 Å². The fourth-order valence-electron chi connectivity index (χ4n) is 2.21. The third-order valence-corrected chi connectivity index (χ3v) is 3.09. The fraction of sp³-hybridized carbons (Fsp3) is 0.500. The Bertz CT molecular complexity index is 408. The molecule has 0 amide bonds. The Kier molecular flexibility index (Phi) is 4.08. The van der Waals surface area contributed by atoms with Gasteiger partial charge < -0.3 is 10.4 Å². The number of phenols is 1. The zero-order valence-electron chi connectivity index (χ0n) is 9.74. The highest BCUT2D eigenvalue weighted by atomic mass is 19.3. The summed E-state index contributed by atoms with van der Waals surface area (Å²) in [6, 6.07) is 1.89. The lowest BCUT2D eigenvalue weighted by molar-refractivity contribution is 0.0169. The molecule has 6 heteroatoms. The topological polar surface area (TPSA) is 35.5 Å². The predicted molar refractivity (Wildman–Crippen MR) is 61.3 cm³/mol. The fourth-order valence-corrected chi connectivity index (χ4v) is 2.21. The molecule has 1 aromatic rings. The van der Waals surface area contributed by atoms with Gasteiger partial charge in [-0.1, -0.05) is 0 Å². The number of hydrogen-bond donors (Lipinski definition) is 2. The molecule has 3 nitrogen and oxygen atoms in total. The molecule has 0 aromatic heterocycles. The number of piperazine rings is 1. The van der Waals surface area contributed by atoms with Gasteiger partial charge in [0.2, 0.25) is 0 Å². The average Bonchev–Trinajstić information content (AvgIpc) is 2.35. The van der Waals surface area contributed by atoms with Crippen LogP contribution in [0.25, 0.3) is 0 Å². The van der Waals surface area contributed by atoms with Gasteiger partial charge in [-0.25, -0.2) is 13.2 Å². The monoisotopic (exact) mass is 260 g/mol. The lowest BCUT2D eigenvalue weighted by Crippen LogP contribution is -2.46. The summed E-state index contributed by atoms with van der Waals surface area (Å²) in [5.41, 5.74) is -0.0492. The molecule has 0 unspecified atom stereocenters. The molecule has 1 aliphatic heterocycles. The smallest absolute Gasteiger partial charge is 0.258 e. The van der Waals surface area contributed by atoms with Gasteiger partial charge in [0, 0.05) is 31.7 Å². The van der Waals surface area contributed by atoms with Crippen molar-refractivity contribution in [3.8, 4) is 5.75 Å². The van der Waals surface area contributed by atoms with Gasteiger partial charge in [-0.05, 0) is 18.2 Å². The van der Waals surface area contributed by atoms with Crippen LogP contribution in [0.5, 0.6) is 5.75 Å². The highest BCUT2D eigenvalue weighted by molar-refractivity contribution is 5.35. The summed E-state index contributed by atoms with van der Waals surface area (Å²) in [6.45, 7) is 2.12. The molecule has 0 saturated carbocycles. The molecule has 0 radical (unpaired) electrons. The Hall–Kier alpha value is -1.27. The molecule has 1 aliphatic rings. The summed E-state index contributed by atoms with van der Waals surface area (Å²) < 4.78 is 39.5. The van der Waals surface area contributed by atoms with Crippen LogP contribution in [0.1, 0.15) is 11.6 Å². The molecule has 1 saturated heterocycles. The van der Waals surface area contributed by atoms with Crippen molar-refractivity contribution >= 4 is 0 Å². The van der Waals surface area contributed by atoms with E-state index in [1.165, 1.54) is 0 Å². The number of phenolic OH excluding ortho intramolecular Hbond substituents is 1. The van der Waals surface area contributed by atoms with Crippen molar-refractivity contribution in [2.75, 3.05) is 26.2 Å². The summed E-state index contributed by atoms with van der Waals surface area (Å²) in [7, 11) is 0. The van der Waals surface area contributed by atoms with Crippen LogP contribution in [0.4, 0.5) is 13.2 Å². The van der Waals surface area contributed by atoms with Gasteiger partial charge in [0.15, 0.2) is 0 Å². The Morgan fingerprint density at radius 2 is 1.89 bits per heavy atom. The SMILES string of the molecule is Oc1ccc(F)cc1[C@@H](C(F)F)N1CCNCC1. The first-order valence-electron chi connectivity index (χ1n) is 5.81. The van der Waals surface area contributed by atoms with E-state index in [4.69, 9.17) is 0 Å². The van der Waals surface area contributed by atoms with Gasteiger partial charge in [0.25, 0.3) is 6.43 Å². The van der Waals surface area contributed by atoms with E-state index >= 15 is 0 Å². The number of hydrogen-bond acceptors (Lipinski definition) is 3. The average molecular weight is 260 g/mol. The van der Waals surface area contributed by atoms with E-state index < -0.39 is 18.3 Å². The van der Waals surface area contributed by atoms with Gasteiger partial charge >= 0.3 is 0 Å². The first-order valence-corrected chi connectivity index (χ1v) is 5.81. The van der Waals surface area contributed by atoms with Gasteiger partial charge in [-0.15, -0.1) is 0 Å². The second kappa shape index (κ2) is 5.58. The molecular weight excluding hydrogens is 245 g/mol. The summed E-state index contributed by atoms with van der Waals surface area (Å²) in [5.74, 6) is -0.913. The molecule has 0 spiro atoms. The number of aromatic hydroxyl groups is 1. The zero-order chi connectivity index (χ0) is 13.1. The maximum Gasteiger partial charge on any atom is 0.258 e. The van der Waals surface area contributed by atoms with Crippen LogP contribution in [-0.4, -0.2) is 42.6 Å². The molecular formula is C12H15F3N2O. The van der Waals surface area contributed by atoms with Crippen LogP contribution >= 0.6 is 0 Å². The Labute approximate surface area is 103 Å². The largest absolute Gasteiger partial charge is 0.508 e. The van der Waals surface area contributed by atoms with Crippen LogP contribution in [0.3, 0.4) is 0 Å². The Morgan fingerprint density at radius 1 is 1.22 bits per heavy atom. The molecule has 100 valence electrons. The third-order valence-electron chi connectivity index (χ3n) is 3.09. The number of benzene rings is 1. The van der Waals surface area contributed by atoms with Gasteiger partial charge in [-0.3, -0.25) is 4.90 Å². The lowest BCUT2D eigenvalue weighted by Gasteiger charge is -2.34. The molecule has 1 heterocycles. The molecule has 0 bridgehead atoms. The molecule has 1 fully saturated rings. The predicted octanol–water partition coefficient (Wildman–Crippen LogP) is 1.74. The maximum atomic E-state index is 13.2. The van der Waals surface area contributed by atoms with E-state index in [0.29, 0.717) is 26.2 Å². The zero-order valence-corrected chi connectivity index (χ0v) is 9.74. The molecule has 2 rings (SSSR count). The number of rotatable bonds is 3. The van der Waals surface area contributed by atoms with Crippen molar-refractivity contribution in [1.29, 1.82) is 0 Å². The molecule has 0 aliphatic carbocycles. The van der Waals surface area contributed by atoms with Crippen molar-refractivity contribution in [3.05, 3.63) is 29.6 Å². The normalized spacial score (nSPS) is 19.1. The van der Waals surface area contributed by atoms with Gasteiger partial charge in [0.05, 0.1) is 0 Å². The second-order valence-corrected chi connectivity index (χ2v) is 4.27. The number of nitrogens with one attached hydrogen (secondary N) is 1. The minimum absolute atomic E-state index is 0.0492. The highest BCUT2D eigenvalue weighted by Gasteiger charge is 2.32. The summed E-state index contributed by atoms with van der Waals surface area (Å²) >= 11 is 0. The first kappa shape index (κ1) is 13.2. The van der Waals surface area contributed by atoms with Crippen molar-refractivity contribution < 1.29 is 18.3 Å². The van der Waals surface area contributed by atoms with E-state index in [0.717, 1.165) is 18.2 Å². The highest BCUT2D eigenvalue weighted by Crippen LogP contribution is 2.33. The Balaban J connectivity index is 2.31. The standard InChI is InChI=1S/C12H15F3N2O/c13-8-1-2-10(18)9(7-8)11(12(14)15)17-5-3-16-4-6-17/h1-2,7,11-12,16,18H,3-6H2/t11-/m0/s1. The number of nitrogens with zero attached hydrogens (tertiary/aromatic N) is 1. The van der Waals surface area contributed by atoms with Gasteiger partial charge in [-0.2, -0.15) is 0 Å². The number of halogens is 3. The van der Waals surface area contributed by atoms with Crippen LogP contribution in [-0.2, 0) is 0 Å². The minimum Gasteiger partial charge on any atom is -0.508 e. The summed E-state index contributed by atoms with van der Waals surface area (Å²) in [5, 5.41) is 12.7. The second-order valence-electron chi connectivity index (χ2n) is 4.27. The van der Waals surface area contributed by atoms with E-state index in [1.807, 2.05) is 0 Å². The van der Waals surface area contributed by atoms with Crippen molar-refractivity contribution in [1.82, 2.24) is 10.2 Å². The van der Waals surface area contributed by atoms with Crippen LogP contribution < -0.4 is 5.32 Å². The molecule has 1 aromatic carbocycles. The van der Waals surface area contributed by atoms with Crippen molar-refractivity contribution in [3.63, 3.8) is 0 Å². The van der Waals surface area contributed by atoms with E-state index in [-0.39, 0.29) is 11.3 Å². The number of alkyl halides is 2. The third kappa shape index (κ3) is 2.76. The van der Waals surface area contributed by atoms with Crippen LogP contribution in [0, 0.1) is 5.82 Å². The van der Waals surface area contributed by atoms with E-state index in [9.17, 15) is 18.3 Å². The molecule has 1 atom stereocenters. The van der Waals surface area contributed by atoms with E-state index in [2.05, 4.69) is 5.32 Å². The maximum absolute atomic E-state index is 13.2. The van der Waals surface area contributed by atoms with Crippen LogP contribution in [0.15, 0.2) is 18.2 Å². The van der Waals surface area contributed by atoms with Gasteiger partial charge in [0.1, 0.15) is 17.6 Å². The molecule has 18 heavy (non-hydrogen) atoms. The minimum atomic E-state index is -2.67. The summed E-state index contributed by atoms with van der Waals surface area (Å²) in [4.78, 5) is 1.57. The lowest BCUT2D eigenvalue weighted by atomic mass is 10.0. The quantitative estimate of drug-likeness (QED) is 0.869.